The highest BCUT2D eigenvalue weighted by atomic mass is 35.5. The number of nitrogens with two attached hydrogens (primary N) is 1. The fourth-order valence-electron chi connectivity index (χ4n) is 1.64. The van der Waals surface area contributed by atoms with Crippen molar-refractivity contribution in [2.75, 3.05) is 6.54 Å². The molecular formula is C8H17ClN2O2S. The highest BCUT2D eigenvalue weighted by Crippen LogP contribution is 2.41. The third-order valence-corrected chi connectivity index (χ3v) is 4.99. The van der Waals surface area contributed by atoms with Gasteiger partial charge in [-0.1, -0.05) is 6.42 Å². The number of hydrogen-bond acceptors (Lipinski definition) is 3. The molecule has 2 rings (SSSR count). The first-order valence-electron chi connectivity index (χ1n) is 4.79. The molecule has 84 valence electrons. The molecule has 4 nitrogen and oxygen atoms in total. The lowest BCUT2D eigenvalue weighted by atomic mass is 9.93. The molecule has 14 heavy (non-hydrogen) atoms. The minimum absolute atomic E-state index is 0. The maximum absolute atomic E-state index is 11.2. The Morgan fingerprint density at radius 3 is 2.21 bits per heavy atom. The fourth-order valence-corrected chi connectivity index (χ4v) is 2.60. The SMILES string of the molecule is Cl.NS(=O)(=O)C1(CNC2CCC2)CC1. The van der Waals surface area contributed by atoms with Crippen LogP contribution in [0.4, 0.5) is 0 Å². The van der Waals surface area contributed by atoms with E-state index < -0.39 is 14.8 Å². The average Bonchev–Trinajstić information content (AvgIpc) is 2.62. The highest BCUT2D eigenvalue weighted by Gasteiger charge is 2.52. The van der Waals surface area contributed by atoms with Gasteiger partial charge in [0.15, 0.2) is 0 Å². The first kappa shape index (κ1) is 12.2. The first-order chi connectivity index (χ1) is 6.04. The summed E-state index contributed by atoms with van der Waals surface area (Å²) in [5.74, 6) is 0. The lowest BCUT2D eigenvalue weighted by Gasteiger charge is -2.28. The van der Waals surface area contributed by atoms with Crippen LogP contribution in [0.2, 0.25) is 0 Å². The van der Waals surface area contributed by atoms with Gasteiger partial charge < -0.3 is 5.32 Å². The highest BCUT2D eigenvalue weighted by molar-refractivity contribution is 7.90. The summed E-state index contributed by atoms with van der Waals surface area (Å²) in [5, 5.41) is 8.42. The molecule has 0 radical (unpaired) electrons. The summed E-state index contributed by atoms with van der Waals surface area (Å²) in [6.07, 6.45) is 5.08. The third-order valence-electron chi connectivity index (χ3n) is 3.23. The van der Waals surface area contributed by atoms with E-state index in [2.05, 4.69) is 5.32 Å². The number of halogens is 1. The molecule has 0 spiro atoms. The van der Waals surface area contributed by atoms with Crippen LogP contribution in [0, 0.1) is 0 Å². The van der Waals surface area contributed by atoms with E-state index in [1.54, 1.807) is 0 Å². The molecule has 0 atom stereocenters. The third kappa shape index (κ3) is 2.21. The number of nitrogens with one attached hydrogen (secondary N) is 1. The molecule has 0 heterocycles. The zero-order valence-corrected chi connectivity index (χ0v) is 9.66. The Morgan fingerprint density at radius 1 is 1.36 bits per heavy atom. The summed E-state index contributed by atoms with van der Waals surface area (Å²) in [7, 11) is -3.33. The van der Waals surface area contributed by atoms with E-state index in [4.69, 9.17) is 5.14 Å². The van der Waals surface area contributed by atoms with Crippen molar-refractivity contribution in [1.82, 2.24) is 5.32 Å². The van der Waals surface area contributed by atoms with Crippen LogP contribution in [-0.4, -0.2) is 25.8 Å². The molecule has 0 aliphatic heterocycles. The van der Waals surface area contributed by atoms with Crippen LogP contribution in [0.25, 0.3) is 0 Å². The van der Waals surface area contributed by atoms with Gasteiger partial charge in [-0.25, -0.2) is 13.6 Å². The fraction of sp³-hybridized carbons (Fsp3) is 1.00. The van der Waals surface area contributed by atoms with E-state index in [1.807, 2.05) is 0 Å². The van der Waals surface area contributed by atoms with E-state index in [0.717, 1.165) is 12.8 Å². The van der Waals surface area contributed by atoms with Crippen LogP contribution in [0.15, 0.2) is 0 Å². The van der Waals surface area contributed by atoms with Gasteiger partial charge in [0.25, 0.3) is 0 Å². The van der Waals surface area contributed by atoms with Crippen molar-refractivity contribution >= 4 is 22.4 Å². The minimum Gasteiger partial charge on any atom is -0.312 e. The van der Waals surface area contributed by atoms with Gasteiger partial charge in [0.2, 0.25) is 10.0 Å². The second-order valence-corrected chi connectivity index (χ2v) is 6.19. The lowest BCUT2D eigenvalue weighted by molar-refractivity contribution is 0.337. The summed E-state index contributed by atoms with van der Waals surface area (Å²) in [4.78, 5) is 0. The van der Waals surface area contributed by atoms with Gasteiger partial charge >= 0.3 is 0 Å². The minimum atomic E-state index is -3.33. The van der Waals surface area contributed by atoms with E-state index in [9.17, 15) is 8.42 Å². The smallest absolute Gasteiger partial charge is 0.216 e. The normalized spacial score (nSPS) is 24.9. The van der Waals surface area contributed by atoms with Crippen molar-refractivity contribution in [2.45, 2.75) is 42.9 Å². The van der Waals surface area contributed by atoms with Gasteiger partial charge in [0.05, 0.1) is 4.75 Å². The molecule has 0 aromatic rings. The topological polar surface area (TPSA) is 72.2 Å². The van der Waals surface area contributed by atoms with Crippen LogP contribution in [0.5, 0.6) is 0 Å². The van der Waals surface area contributed by atoms with Crippen molar-refractivity contribution < 1.29 is 8.42 Å². The molecule has 0 saturated heterocycles. The second kappa shape index (κ2) is 3.96. The number of rotatable bonds is 4. The predicted molar refractivity (Wildman–Crippen MR) is 58.0 cm³/mol. The number of primary sulfonamides is 1. The Balaban J connectivity index is 0.000000980. The molecule has 3 N–H and O–H groups in total. The molecular weight excluding hydrogens is 224 g/mol. The Labute approximate surface area is 91.1 Å². The number of sulfonamides is 1. The Hall–Kier alpha value is 0.160. The van der Waals surface area contributed by atoms with Crippen molar-refractivity contribution in [3.63, 3.8) is 0 Å². The summed E-state index contributed by atoms with van der Waals surface area (Å²) in [6.45, 7) is 0.552. The second-order valence-electron chi connectivity index (χ2n) is 4.24. The molecule has 2 aliphatic carbocycles. The largest absolute Gasteiger partial charge is 0.312 e. The summed E-state index contributed by atoms with van der Waals surface area (Å²) in [5.41, 5.74) is 0. The van der Waals surface area contributed by atoms with Gasteiger partial charge in [-0.2, -0.15) is 0 Å². The molecule has 0 unspecified atom stereocenters. The Kier molecular flexibility index (Phi) is 3.46. The Morgan fingerprint density at radius 2 is 1.93 bits per heavy atom. The molecule has 0 bridgehead atoms. The first-order valence-corrected chi connectivity index (χ1v) is 6.34. The quantitative estimate of drug-likeness (QED) is 0.746. The molecule has 2 saturated carbocycles. The van der Waals surface area contributed by atoms with E-state index in [1.165, 1.54) is 19.3 Å². The summed E-state index contributed by atoms with van der Waals surface area (Å²) < 4.78 is 21.7. The van der Waals surface area contributed by atoms with Gasteiger partial charge in [0, 0.05) is 12.6 Å². The van der Waals surface area contributed by atoms with Gasteiger partial charge in [-0.15, -0.1) is 12.4 Å². The monoisotopic (exact) mass is 240 g/mol. The van der Waals surface area contributed by atoms with E-state index >= 15 is 0 Å². The van der Waals surface area contributed by atoms with Crippen LogP contribution < -0.4 is 10.5 Å². The molecule has 0 aromatic heterocycles. The summed E-state index contributed by atoms with van der Waals surface area (Å²) in [6, 6.07) is 0.541. The van der Waals surface area contributed by atoms with Gasteiger partial charge in [-0.05, 0) is 25.7 Å². The number of hydrogen-bond donors (Lipinski definition) is 2. The maximum Gasteiger partial charge on any atom is 0.216 e. The molecule has 2 fully saturated rings. The van der Waals surface area contributed by atoms with Crippen molar-refractivity contribution in [3.05, 3.63) is 0 Å². The molecule has 6 heteroatoms. The predicted octanol–water partition coefficient (Wildman–Crippen LogP) is 0.371. The van der Waals surface area contributed by atoms with Crippen LogP contribution >= 0.6 is 12.4 Å². The van der Waals surface area contributed by atoms with E-state index in [-0.39, 0.29) is 12.4 Å². The van der Waals surface area contributed by atoms with Crippen molar-refractivity contribution in [2.24, 2.45) is 5.14 Å². The van der Waals surface area contributed by atoms with Crippen LogP contribution in [0.1, 0.15) is 32.1 Å². The summed E-state index contributed by atoms with van der Waals surface area (Å²) >= 11 is 0. The molecule has 2 aliphatic rings. The molecule has 0 amide bonds. The van der Waals surface area contributed by atoms with Crippen LogP contribution in [0.3, 0.4) is 0 Å². The van der Waals surface area contributed by atoms with Crippen molar-refractivity contribution in [1.29, 1.82) is 0 Å². The van der Waals surface area contributed by atoms with Gasteiger partial charge in [0.1, 0.15) is 0 Å². The van der Waals surface area contributed by atoms with Crippen LogP contribution in [-0.2, 0) is 10.0 Å². The maximum atomic E-state index is 11.2. The van der Waals surface area contributed by atoms with Crippen molar-refractivity contribution in [3.8, 4) is 0 Å². The van der Waals surface area contributed by atoms with E-state index in [0.29, 0.717) is 12.6 Å². The van der Waals surface area contributed by atoms with Gasteiger partial charge in [-0.3, -0.25) is 0 Å². The standard InChI is InChI=1S/C8H16N2O2S.ClH/c9-13(11,12)8(4-5-8)6-10-7-2-1-3-7;/h7,10H,1-6H2,(H2,9,11,12);1H. The zero-order valence-electron chi connectivity index (χ0n) is 8.03. The lowest BCUT2D eigenvalue weighted by Crippen LogP contribution is -2.45. The molecule has 0 aromatic carbocycles. The Bertz CT molecular complexity index is 296. The zero-order chi connectivity index (χ0) is 9.53. The average molecular weight is 241 g/mol.